The van der Waals surface area contributed by atoms with Gasteiger partial charge >= 0.3 is 0 Å². The van der Waals surface area contributed by atoms with Gasteiger partial charge in [-0.3, -0.25) is 0 Å². The molecule has 0 unspecified atom stereocenters. The summed E-state index contributed by atoms with van der Waals surface area (Å²) in [5, 5.41) is 0. The third kappa shape index (κ3) is 3.63. The van der Waals surface area contributed by atoms with E-state index in [9.17, 15) is 8.42 Å². The van der Waals surface area contributed by atoms with Crippen LogP contribution >= 0.6 is 0 Å². The highest BCUT2D eigenvalue weighted by Crippen LogP contribution is 2.36. The number of nitrogens with zero attached hydrogens (tertiary/aromatic N) is 2. The molecule has 2 atom stereocenters. The Labute approximate surface area is 138 Å². The lowest BCUT2D eigenvalue weighted by Gasteiger charge is -2.35. The van der Waals surface area contributed by atoms with E-state index in [-0.39, 0.29) is 12.1 Å². The maximum absolute atomic E-state index is 13.1. The average molecular weight is 342 g/mol. The average Bonchev–Trinajstić information content (AvgIpc) is 3.23. The van der Waals surface area contributed by atoms with Crippen LogP contribution in [0.4, 0.5) is 0 Å². The molecule has 0 aliphatic carbocycles. The lowest BCUT2D eigenvalue weighted by Crippen LogP contribution is -2.49. The molecule has 0 radical (unpaired) electrons. The first-order valence-electron chi connectivity index (χ1n) is 8.55. The van der Waals surface area contributed by atoms with Crippen molar-refractivity contribution in [2.45, 2.75) is 51.2 Å². The number of hydrogen-bond donors (Lipinski definition) is 0. The minimum Gasteiger partial charge on any atom is -0.468 e. The molecule has 3 heterocycles. The van der Waals surface area contributed by atoms with Crippen molar-refractivity contribution in [2.75, 3.05) is 26.2 Å². The summed E-state index contributed by atoms with van der Waals surface area (Å²) in [5.41, 5.74) is 0. The maximum Gasteiger partial charge on any atom is 0.282 e. The SMILES string of the molecule is CCCO[C@H]1CCCN(S(=O)(=O)N2CCC[C@H]2c2ccco2)C1. The second-order valence-corrected chi connectivity index (χ2v) is 8.17. The zero-order valence-electron chi connectivity index (χ0n) is 13.7. The molecular formula is C16H26N2O4S. The molecule has 2 saturated heterocycles. The van der Waals surface area contributed by atoms with Crippen molar-refractivity contribution in [3.63, 3.8) is 0 Å². The van der Waals surface area contributed by atoms with Gasteiger partial charge in [-0.2, -0.15) is 17.0 Å². The van der Waals surface area contributed by atoms with Crippen LogP contribution in [0.25, 0.3) is 0 Å². The van der Waals surface area contributed by atoms with Crippen molar-refractivity contribution < 1.29 is 17.6 Å². The molecule has 0 bridgehead atoms. The molecule has 3 rings (SSSR count). The van der Waals surface area contributed by atoms with Gasteiger partial charge < -0.3 is 9.15 Å². The molecule has 0 N–H and O–H groups in total. The quantitative estimate of drug-likeness (QED) is 0.797. The lowest BCUT2D eigenvalue weighted by molar-refractivity contribution is 0.0179. The smallest absolute Gasteiger partial charge is 0.282 e. The first-order valence-corrected chi connectivity index (χ1v) is 9.94. The highest BCUT2D eigenvalue weighted by molar-refractivity contribution is 7.86. The number of hydrogen-bond acceptors (Lipinski definition) is 4. The summed E-state index contributed by atoms with van der Waals surface area (Å²) in [6.07, 6.45) is 6.05. The first-order chi connectivity index (χ1) is 11.1. The molecule has 2 aliphatic heterocycles. The summed E-state index contributed by atoms with van der Waals surface area (Å²) in [6, 6.07) is 3.50. The predicted octanol–water partition coefficient (Wildman–Crippen LogP) is 2.55. The molecular weight excluding hydrogens is 316 g/mol. The van der Waals surface area contributed by atoms with Crippen molar-refractivity contribution in [2.24, 2.45) is 0 Å². The molecule has 0 amide bonds. The van der Waals surface area contributed by atoms with Crippen LogP contribution < -0.4 is 0 Å². The molecule has 2 fully saturated rings. The van der Waals surface area contributed by atoms with Gasteiger partial charge in [0.2, 0.25) is 0 Å². The van der Waals surface area contributed by atoms with Gasteiger partial charge in [0.25, 0.3) is 10.2 Å². The Hall–Kier alpha value is -0.890. The summed E-state index contributed by atoms with van der Waals surface area (Å²) in [4.78, 5) is 0. The number of furan rings is 1. The van der Waals surface area contributed by atoms with Crippen LogP contribution in [0.3, 0.4) is 0 Å². The number of ether oxygens (including phenoxy) is 1. The Balaban J connectivity index is 1.72. The van der Waals surface area contributed by atoms with E-state index in [1.165, 1.54) is 0 Å². The Morgan fingerprint density at radius 1 is 1.30 bits per heavy atom. The van der Waals surface area contributed by atoms with Gasteiger partial charge in [0.05, 0.1) is 18.4 Å². The normalized spacial score (nSPS) is 27.5. The minimum absolute atomic E-state index is 0.0168. The van der Waals surface area contributed by atoms with E-state index < -0.39 is 10.2 Å². The largest absolute Gasteiger partial charge is 0.468 e. The summed E-state index contributed by atoms with van der Waals surface area (Å²) < 4.78 is 40.6. The number of rotatable bonds is 6. The van der Waals surface area contributed by atoms with Crippen LogP contribution in [0.5, 0.6) is 0 Å². The number of piperidine rings is 1. The molecule has 7 heteroatoms. The van der Waals surface area contributed by atoms with Gasteiger partial charge in [-0.1, -0.05) is 6.92 Å². The molecule has 6 nitrogen and oxygen atoms in total. The minimum atomic E-state index is -3.47. The summed E-state index contributed by atoms with van der Waals surface area (Å²) in [6.45, 7) is 4.36. The third-order valence-electron chi connectivity index (χ3n) is 4.60. The Morgan fingerprint density at radius 2 is 2.13 bits per heavy atom. The molecule has 130 valence electrons. The fraction of sp³-hybridized carbons (Fsp3) is 0.750. The molecule has 1 aromatic heterocycles. The van der Waals surface area contributed by atoms with E-state index in [0.717, 1.165) is 37.9 Å². The second kappa shape index (κ2) is 7.34. The van der Waals surface area contributed by atoms with Gasteiger partial charge in [-0.25, -0.2) is 0 Å². The van der Waals surface area contributed by atoms with Gasteiger partial charge in [0.15, 0.2) is 0 Å². The van der Waals surface area contributed by atoms with E-state index in [1.807, 2.05) is 12.1 Å². The molecule has 23 heavy (non-hydrogen) atoms. The standard InChI is InChI=1S/C16H26N2O4S/c1-2-11-21-14-6-3-9-17(13-14)23(19,20)18-10-4-7-15(18)16-8-5-12-22-16/h5,8,12,14-15H,2-4,6-7,9-11,13H2,1H3/t14-,15-/m0/s1. The third-order valence-corrected chi connectivity index (χ3v) is 6.61. The predicted molar refractivity (Wildman–Crippen MR) is 87.1 cm³/mol. The van der Waals surface area contributed by atoms with Crippen molar-refractivity contribution in [3.8, 4) is 0 Å². The van der Waals surface area contributed by atoms with Crippen molar-refractivity contribution in [1.29, 1.82) is 0 Å². The topological polar surface area (TPSA) is 63.0 Å². The summed E-state index contributed by atoms with van der Waals surface area (Å²) >= 11 is 0. The Kier molecular flexibility index (Phi) is 5.41. The highest BCUT2D eigenvalue weighted by Gasteiger charge is 2.41. The summed E-state index contributed by atoms with van der Waals surface area (Å²) in [5.74, 6) is 0.738. The van der Waals surface area contributed by atoms with Crippen LogP contribution in [0, 0.1) is 0 Å². The van der Waals surface area contributed by atoms with Crippen LogP contribution in [0.15, 0.2) is 22.8 Å². The van der Waals surface area contributed by atoms with E-state index in [0.29, 0.717) is 26.2 Å². The summed E-state index contributed by atoms with van der Waals surface area (Å²) in [7, 11) is -3.47. The first kappa shape index (κ1) is 17.0. The Bertz CT molecular complexity index is 587. The monoisotopic (exact) mass is 342 g/mol. The molecule has 0 aromatic carbocycles. The fourth-order valence-corrected chi connectivity index (χ4v) is 5.37. The Morgan fingerprint density at radius 3 is 2.87 bits per heavy atom. The van der Waals surface area contributed by atoms with E-state index in [1.54, 1.807) is 14.9 Å². The molecule has 0 saturated carbocycles. The van der Waals surface area contributed by atoms with Gasteiger partial charge in [-0.05, 0) is 44.2 Å². The van der Waals surface area contributed by atoms with Gasteiger partial charge in [-0.15, -0.1) is 0 Å². The van der Waals surface area contributed by atoms with E-state index >= 15 is 0 Å². The van der Waals surface area contributed by atoms with Crippen molar-refractivity contribution >= 4 is 10.2 Å². The second-order valence-electron chi connectivity index (χ2n) is 6.28. The van der Waals surface area contributed by atoms with Crippen LogP contribution in [-0.2, 0) is 14.9 Å². The zero-order valence-corrected chi connectivity index (χ0v) is 14.5. The van der Waals surface area contributed by atoms with Crippen LogP contribution in [0.2, 0.25) is 0 Å². The zero-order chi connectivity index (χ0) is 16.3. The van der Waals surface area contributed by atoms with Gasteiger partial charge in [0.1, 0.15) is 5.76 Å². The fourth-order valence-electron chi connectivity index (χ4n) is 3.46. The van der Waals surface area contributed by atoms with Crippen LogP contribution in [-0.4, -0.2) is 49.4 Å². The van der Waals surface area contributed by atoms with E-state index in [2.05, 4.69) is 6.92 Å². The molecule has 1 aromatic rings. The lowest BCUT2D eigenvalue weighted by atomic mass is 10.1. The molecule has 0 spiro atoms. The van der Waals surface area contributed by atoms with E-state index in [4.69, 9.17) is 9.15 Å². The molecule has 2 aliphatic rings. The highest BCUT2D eigenvalue weighted by atomic mass is 32.2. The van der Waals surface area contributed by atoms with Crippen molar-refractivity contribution in [1.82, 2.24) is 8.61 Å². The van der Waals surface area contributed by atoms with Crippen LogP contribution in [0.1, 0.15) is 50.8 Å². The van der Waals surface area contributed by atoms with Gasteiger partial charge in [0, 0.05) is 26.2 Å². The van der Waals surface area contributed by atoms with Crippen molar-refractivity contribution in [3.05, 3.63) is 24.2 Å². The maximum atomic E-state index is 13.1.